The maximum atomic E-state index is 14.1. The number of nitrogens with one attached hydrogen (secondary N) is 1. The van der Waals surface area contributed by atoms with E-state index >= 15 is 0 Å². The van der Waals surface area contributed by atoms with Crippen LogP contribution in [0.5, 0.6) is 5.75 Å². The van der Waals surface area contributed by atoms with E-state index < -0.39 is 28.5 Å². The lowest BCUT2D eigenvalue weighted by Crippen LogP contribution is -2.52. The summed E-state index contributed by atoms with van der Waals surface area (Å²) in [5, 5.41) is 3.36. The fourth-order valence-electron chi connectivity index (χ4n) is 4.27. The average Bonchev–Trinajstić information content (AvgIpc) is 2.95. The Morgan fingerprint density at radius 1 is 0.976 bits per heavy atom. The number of methoxy groups -OCH3 is 1. The molecule has 2 amide bonds. The number of rotatable bonds is 13. The van der Waals surface area contributed by atoms with E-state index in [4.69, 9.17) is 16.3 Å². The molecule has 8 nitrogen and oxygen atoms in total. The van der Waals surface area contributed by atoms with E-state index in [1.807, 2.05) is 27.7 Å². The van der Waals surface area contributed by atoms with Crippen molar-refractivity contribution in [3.63, 3.8) is 0 Å². The first-order valence-corrected chi connectivity index (χ1v) is 15.3. The van der Waals surface area contributed by atoms with Crippen molar-refractivity contribution in [2.24, 2.45) is 5.92 Å². The molecule has 0 radical (unpaired) electrons. The molecule has 3 aromatic rings. The van der Waals surface area contributed by atoms with E-state index in [-0.39, 0.29) is 29.0 Å². The van der Waals surface area contributed by atoms with Crippen molar-refractivity contribution >= 4 is 39.1 Å². The van der Waals surface area contributed by atoms with Crippen LogP contribution < -0.4 is 14.4 Å². The second-order valence-corrected chi connectivity index (χ2v) is 12.5. The summed E-state index contributed by atoms with van der Waals surface area (Å²) in [5.41, 5.74) is 1.84. The van der Waals surface area contributed by atoms with Gasteiger partial charge in [-0.3, -0.25) is 13.9 Å². The Morgan fingerprint density at radius 3 is 2.17 bits per heavy atom. The van der Waals surface area contributed by atoms with E-state index in [0.717, 1.165) is 9.87 Å². The number of halogens is 1. The van der Waals surface area contributed by atoms with Gasteiger partial charge in [-0.25, -0.2) is 8.42 Å². The quantitative estimate of drug-likeness (QED) is 0.283. The van der Waals surface area contributed by atoms with Crippen molar-refractivity contribution in [1.29, 1.82) is 0 Å². The number of nitrogens with zero attached hydrogens (tertiary/aromatic N) is 2. The molecule has 0 heterocycles. The molecule has 1 atom stereocenters. The molecule has 0 aliphatic heterocycles. The van der Waals surface area contributed by atoms with Crippen LogP contribution in [-0.2, 0) is 26.2 Å². The minimum atomic E-state index is -4.16. The van der Waals surface area contributed by atoms with E-state index in [0.29, 0.717) is 29.3 Å². The summed E-state index contributed by atoms with van der Waals surface area (Å²) in [6.45, 7) is 7.60. The van der Waals surface area contributed by atoms with Gasteiger partial charge in [-0.15, -0.1) is 0 Å². The van der Waals surface area contributed by atoms with Gasteiger partial charge in [-0.2, -0.15) is 0 Å². The third-order valence-electron chi connectivity index (χ3n) is 6.62. The van der Waals surface area contributed by atoms with Gasteiger partial charge < -0.3 is 15.0 Å². The van der Waals surface area contributed by atoms with Crippen molar-refractivity contribution in [2.75, 3.05) is 24.5 Å². The van der Waals surface area contributed by atoms with E-state index in [2.05, 4.69) is 5.32 Å². The SMILES string of the molecule is CC[C@@H](C(=O)NCC(C)C)N(Cc1ccccc1Cl)C(=O)CN(c1ccc(OC)cc1)S(=O)(=O)c1ccc(C)cc1. The van der Waals surface area contributed by atoms with Gasteiger partial charge in [0.25, 0.3) is 10.0 Å². The lowest BCUT2D eigenvalue weighted by Gasteiger charge is -2.33. The predicted molar refractivity (Wildman–Crippen MR) is 163 cm³/mol. The molecule has 41 heavy (non-hydrogen) atoms. The topological polar surface area (TPSA) is 96.0 Å². The standard InChI is InChI=1S/C31H38ClN3O5S/c1-6-29(31(37)33-19-22(2)3)34(20-24-9-7-8-10-28(24)32)30(36)21-35(25-13-15-26(40-5)16-14-25)41(38,39)27-17-11-23(4)12-18-27/h7-18,22,29H,6,19-21H2,1-5H3,(H,33,37)/t29-/m0/s1. The zero-order valence-electron chi connectivity index (χ0n) is 24.1. The molecule has 220 valence electrons. The number of ether oxygens (including phenoxy) is 1. The van der Waals surface area contributed by atoms with Gasteiger partial charge in [-0.05, 0) is 67.3 Å². The van der Waals surface area contributed by atoms with Crippen LogP contribution in [0.1, 0.15) is 38.3 Å². The minimum absolute atomic E-state index is 0.0349. The highest BCUT2D eigenvalue weighted by Gasteiger charge is 2.34. The smallest absolute Gasteiger partial charge is 0.264 e. The number of aryl methyl sites for hydroxylation is 1. The molecule has 3 aromatic carbocycles. The van der Waals surface area contributed by atoms with Crippen LogP contribution in [0.15, 0.2) is 77.7 Å². The number of anilines is 1. The number of carbonyl (C=O) groups is 2. The van der Waals surface area contributed by atoms with Crippen LogP contribution >= 0.6 is 11.6 Å². The second kappa shape index (κ2) is 14.4. The summed E-state index contributed by atoms with van der Waals surface area (Å²) in [4.78, 5) is 28.9. The lowest BCUT2D eigenvalue weighted by molar-refractivity contribution is -0.140. The molecular formula is C31H38ClN3O5S. The zero-order valence-corrected chi connectivity index (χ0v) is 25.7. The molecule has 0 aliphatic rings. The summed E-state index contributed by atoms with van der Waals surface area (Å²) in [6.07, 6.45) is 0.327. The van der Waals surface area contributed by atoms with Gasteiger partial charge in [0.1, 0.15) is 18.3 Å². The molecule has 0 saturated carbocycles. The molecular weight excluding hydrogens is 562 g/mol. The molecule has 0 aliphatic carbocycles. The predicted octanol–water partition coefficient (Wildman–Crippen LogP) is 5.43. The fraction of sp³-hybridized carbons (Fsp3) is 0.355. The van der Waals surface area contributed by atoms with Crippen LogP contribution in [-0.4, -0.2) is 51.4 Å². The Labute approximate surface area is 248 Å². The van der Waals surface area contributed by atoms with Crippen LogP contribution in [0.2, 0.25) is 5.02 Å². The van der Waals surface area contributed by atoms with Crippen LogP contribution in [0, 0.1) is 12.8 Å². The first kappa shape index (κ1) is 32.0. The first-order valence-electron chi connectivity index (χ1n) is 13.5. The third-order valence-corrected chi connectivity index (χ3v) is 8.77. The largest absolute Gasteiger partial charge is 0.497 e. The highest BCUT2D eigenvalue weighted by molar-refractivity contribution is 7.92. The van der Waals surface area contributed by atoms with E-state index in [1.165, 1.54) is 24.1 Å². The van der Waals surface area contributed by atoms with Crippen molar-refractivity contribution < 1.29 is 22.7 Å². The Bertz CT molecular complexity index is 1430. The Balaban J connectivity index is 2.06. The van der Waals surface area contributed by atoms with Crippen molar-refractivity contribution in [3.8, 4) is 5.75 Å². The van der Waals surface area contributed by atoms with Gasteiger partial charge in [-0.1, -0.05) is 68.3 Å². The van der Waals surface area contributed by atoms with Gasteiger partial charge in [0.15, 0.2) is 0 Å². The number of sulfonamides is 1. The molecule has 0 fully saturated rings. The Kier molecular flexibility index (Phi) is 11.2. The summed E-state index contributed by atoms with van der Waals surface area (Å²) in [7, 11) is -2.64. The minimum Gasteiger partial charge on any atom is -0.497 e. The van der Waals surface area contributed by atoms with Crippen LogP contribution in [0.25, 0.3) is 0 Å². The summed E-state index contributed by atoms with van der Waals surface area (Å²) in [5.74, 6) is -0.0858. The lowest BCUT2D eigenvalue weighted by atomic mass is 10.1. The maximum absolute atomic E-state index is 14.1. The monoisotopic (exact) mass is 599 g/mol. The summed E-state index contributed by atoms with van der Waals surface area (Å²) >= 11 is 6.44. The molecule has 0 saturated heterocycles. The maximum Gasteiger partial charge on any atom is 0.264 e. The highest BCUT2D eigenvalue weighted by Crippen LogP contribution is 2.27. The number of hydrogen-bond donors (Lipinski definition) is 1. The number of hydrogen-bond acceptors (Lipinski definition) is 5. The van der Waals surface area contributed by atoms with Gasteiger partial charge in [0.2, 0.25) is 11.8 Å². The normalized spacial score (nSPS) is 12.1. The molecule has 10 heteroatoms. The molecule has 3 rings (SSSR count). The second-order valence-electron chi connectivity index (χ2n) is 10.2. The molecule has 1 N–H and O–H groups in total. The zero-order chi connectivity index (χ0) is 30.2. The molecule has 0 aromatic heterocycles. The van der Waals surface area contributed by atoms with Crippen LogP contribution in [0.3, 0.4) is 0 Å². The number of amides is 2. The number of benzene rings is 3. The van der Waals surface area contributed by atoms with Gasteiger partial charge in [0, 0.05) is 18.1 Å². The Hall–Kier alpha value is -3.56. The average molecular weight is 600 g/mol. The van der Waals surface area contributed by atoms with Gasteiger partial charge in [0.05, 0.1) is 17.7 Å². The van der Waals surface area contributed by atoms with Crippen molar-refractivity contribution in [3.05, 3.63) is 88.9 Å². The Morgan fingerprint density at radius 2 is 1.61 bits per heavy atom. The summed E-state index contributed by atoms with van der Waals surface area (Å²) in [6, 6.07) is 19.1. The summed E-state index contributed by atoms with van der Waals surface area (Å²) < 4.78 is 34.2. The van der Waals surface area contributed by atoms with Crippen LogP contribution in [0.4, 0.5) is 5.69 Å². The third kappa shape index (κ3) is 8.24. The van der Waals surface area contributed by atoms with E-state index in [9.17, 15) is 18.0 Å². The van der Waals surface area contributed by atoms with E-state index in [1.54, 1.807) is 60.7 Å². The molecule has 0 spiro atoms. The van der Waals surface area contributed by atoms with Crippen molar-refractivity contribution in [2.45, 2.75) is 51.6 Å². The number of carbonyl (C=O) groups excluding carboxylic acids is 2. The van der Waals surface area contributed by atoms with Crippen molar-refractivity contribution in [1.82, 2.24) is 10.2 Å². The molecule has 0 unspecified atom stereocenters. The first-order chi connectivity index (χ1) is 19.5. The fourth-order valence-corrected chi connectivity index (χ4v) is 5.88. The van der Waals surface area contributed by atoms with Gasteiger partial charge >= 0.3 is 0 Å². The highest BCUT2D eigenvalue weighted by atomic mass is 35.5. The molecule has 0 bridgehead atoms.